The number of nitrogens with two attached hydrogens (primary N) is 2. The molecule has 9 heteroatoms. The van der Waals surface area contributed by atoms with Crippen LogP contribution in [0.5, 0.6) is 5.75 Å². The molecule has 4 aromatic rings. The molecule has 2 aromatic heterocycles. The van der Waals surface area contributed by atoms with E-state index in [0.29, 0.717) is 42.3 Å². The summed E-state index contributed by atoms with van der Waals surface area (Å²) >= 11 is 0. The maximum absolute atomic E-state index is 15.1. The molecule has 184 valence electrons. The maximum Gasteiger partial charge on any atom is 0.354 e. The zero-order chi connectivity index (χ0) is 24.8. The van der Waals surface area contributed by atoms with E-state index in [0.717, 1.165) is 42.6 Å². The monoisotopic (exact) mass is 478 g/mol. The Kier molecular flexibility index (Phi) is 7.91. The average Bonchev–Trinajstić information content (AvgIpc) is 3.28. The molecule has 0 saturated heterocycles. The zero-order valence-electron chi connectivity index (χ0n) is 19.8. The van der Waals surface area contributed by atoms with Crippen molar-refractivity contribution >= 4 is 11.0 Å². The van der Waals surface area contributed by atoms with Crippen LogP contribution in [-0.4, -0.2) is 52.7 Å². The van der Waals surface area contributed by atoms with Crippen LogP contribution in [0.3, 0.4) is 0 Å². The maximum atomic E-state index is 15.1. The fourth-order valence-electron chi connectivity index (χ4n) is 4.15. The van der Waals surface area contributed by atoms with Crippen molar-refractivity contribution in [2.45, 2.75) is 19.4 Å². The van der Waals surface area contributed by atoms with Crippen LogP contribution in [0.15, 0.2) is 59.5 Å². The summed E-state index contributed by atoms with van der Waals surface area (Å²) in [5.41, 5.74) is 13.9. The number of fused-ring (bicyclic) bond motifs is 1. The summed E-state index contributed by atoms with van der Waals surface area (Å²) in [7, 11) is 1.61. The standard InChI is InChI=1S/C26H31FN6O2/c1-35-24-7-3-2-6-21(24)23-14-19-17-33(26(34)31-25(19)30-23)20-9-8-18(22(27)15-20)16-32(12-4-10-28)13-5-11-29/h2-3,6-9,14-15,17H,4-5,10-13,16,28-29H2,1H3,(H,30,31,34). The van der Waals surface area contributed by atoms with E-state index >= 15 is 4.39 Å². The molecule has 2 heterocycles. The summed E-state index contributed by atoms with van der Waals surface area (Å²) < 4.78 is 21.9. The quantitative estimate of drug-likeness (QED) is 0.305. The molecule has 0 saturated carbocycles. The smallest absolute Gasteiger partial charge is 0.354 e. The number of methoxy groups -OCH3 is 1. The third-order valence-electron chi connectivity index (χ3n) is 5.97. The molecule has 5 N–H and O–H groups in total. The van der Waals surface area contributed by atoms with Crippen molar-refractivity contribution in [1.29, 1.82) is 0 Å². The molecule has 0 unspecified atom stereocenters. The fraction of sp³-hybridized carbons (Fsp3) is 0.308. The number of para-hydroxylation sites is 1. The molecule has 2 aromatic carbocycles. The fourth-order valence-corrected chi connectivity index (χ4v) is 4.15. The highest BCUT2D eigenvalue weighted by molar-refractivity contribution is 5.84. The molecule has 0 aliphatic carbocycles. The summed E-state index contributed by atoms with van der Waals surface area (Å²) in [5, 5.41) is 0.727. The summed E-state index contributed by atoms with van der Waals surface area (Å²) in [6.45, 7) is 3.17. The lowest BCUT2D eigenvalue weighted by molar-refractivity contribution is 0.258. The average molecular weight is 479 g/mol. The van der Waals surface area contributed by atoms with Crippen LogP contribution in [0.1, 0.15) is 18.4 Å². The van der Waals surface area contributed by atoms with E-state index in [9.17, 15) is 4.79 Å². The minimum absolute atomic E-state index is 0.372. The third kappa shape index (κ3) is 5.59. The summed E-state index contributed by atoms with van der Waals surface area (Å²) in [6, 6.07) is 14.3. The highest BCUT2D eigenvalue weighted by Crippen LogP contribution is 2.30. The number of rotatable bonds is 11. The molecule has 0 aliphatic rings. The molecule has 0 bridgehead atoms. The highest BCUT2D eigenvalue weighted by Gasteiger charge is 2.14. The van der Waals surface area contributed by atoms with Gasteiger partial charge in [0.25, 0.3) is 0 Å². The van der Waals surface area contributed by atoms with Gasteiger partial charge in [0, 0.05) is 29.3 Å². The Morgan fingerprint density at radius 2 is 1.83 bits per heavy atom. The Morgan fingerprint density at radius 3 is 2.51 bits per heavy atom. The Balaban J connectivity index is 1.63. The molecule has 0 fully saturated rings. The van der Waals surface area contributed by atoms with E-state index in [4.69, 9.17) is 16.2 Å². The van der Waals surface area contributed by atoms with Crippen molar-refractivity contribution in [2.75, 3.05) is 33.3 Å². The van der Waals surface area contributed by atoms with Gasteiger partial charge in [-0.1, -0.05) is 18.2 Å². The number of benzene rings is 2. The number of aromatic amines is 1. The lowest BCUT2D eigenvalue weighted by Gasteiger charge is -2.22. The van der Waals surface area contributed by atoms with Crippen molar-refractivity contribution in [3.05, 3.63) is 76.6 Å². The molecule has 0 aliphatic heterocycles. The van der Waals surface area contributed by atoms with Gasteiger partial charge in [0.2, 0.25) is 0 Å². The molecule has 0 spiro atoms. The first-order valence-corrected chi connectivity index (χ1v) is 11.7. The van der Waals surface area contributed by atoms with Crippen molar-refractivity contribution in [3.63, 3.8) is 0 Å². The number of nitrogens with one attached hydrogen (secondary N) is 1. The summed E-state index contributed by atoms with van der Waals surface area (Å²) in [6.07, 6.45) is 3.33. The Hall–Kier alpha value is -3.53. The first kappa shape index (κ1) is 24.6. The Morgan fingerprint density at radius 1 is 1.09 bits per heavy atom. The van der Waals surface area contributed by atoms with Crippen LogP contribution in [0, 0.1) is 5.82 Å². The van der Waals surface area contributed by atoms with Gasteiger partial charge in [0.15, 0.2) is 0 Å². The second-order valence-electron chi connectivity index (χ2n) is 8.42. The molecular weight excluding hydrogens is 447 g/mol. The van der Waals surface area contributed by atoms with Crippen LogP contribution in [-0.2, 0) is 6.54 Å². The summed E-state index contributed by atoms with van der Waals surface area (Å²) in [5.74, 6) is 0.336. The highest BCUT2D eigenvalue weighted by atomic mass is 19.1. The summed E-state index contributed by atoms with van der Waals surface area (Å²) in [4.78, 5) is 22.3. The molecule has 4 rings (SSSR count). The van der Waals surface area contributed by atoms with E-state index in [1.807, 2.05) is 30.3 Å². The lowest BCUT2D eigenvalue weighted by Crippen LogP contribution is -2.29. The molecule has 8 nitrogen and oxygen atoms in total. The van der Waals surface area contributed by atoms with Gasteiger partial charge in [0.05, 0.1) is 18.5 Å². The van der Waals surface area contributed by atoms with Crippen molar-refractivity contribution < 1.29 is 9.13 Å². The largest absolute Gasteiger partial charge is 0.496 e. The number of halogens is 1. The van der Waals surface area contributed by atoms with Crippen LogP contribution in [0.25, 0.3) is 28.0 Å². The van der Waals surface area contributed by atoms with E-state index < -0.39 is 5.69 Å². The van der Waals surface area contributed by atoms with Gasteiger partial charge < -0.3 is 21.2 Å². The van der Waals surface area contributed by atoms with E-state index in [-0.39, 0.29) is 5.82 Å². The molecule has 0 radical (unpaired) electrons. The number of ether oxygens (including phenoxy) is 1. The second kappa shape index (κ2) is 11.3. The topological polar surface area (TPSA) is 115 Å². The zero-order valence-corrected chi connectivity index (χ0v) is 19.8. The van der Waals surface area contributed by atoms with Crippen molar-refractivity contribution in [2.24, 2.45) is 11.5 Å². The van der Waals surface area contributed by atoms with Gasteiger partial charge in [-0.3, -0.25) is 9.47 Å². The Bertz CT molecular complexity index is 1340. The second-order valence-corrected chi connectivity index (χ2v) is 8.42. The van der Waals surface area contributed by atoms with Crippen LogP contribution in [0.4, 0.5) is 4.39 Å². The Labute approximate surface area is 203 Å². The number of aromatic nitrogens is 3. The molecule has 0 atom stereocenters. The number of hydrogen-bond acceptors (Lipinski definition) is 6. The van der Waals surface area contributed by atoms with E-state index in [2.05, 4.69) is 14.9 Å². The SMILES string of the molecule is COc1ccccc1-c1cc2cn(-c3ccc(CN(CCCN)CCCN)c(F)c3)c(=O)nc2[nH]1. The normalized spacial score (nSPS) is 11.5. The predicted octanol–water partition coefficient (Wildman–Crippen LogP) is 3.03. The van der Waals surface area contributed by atoms with Crippen LogP contribution < -0.4 is 21.9 Å². The number of hydrogen-bond donors (Lipinski definition) is 3. The predicted molar refractivity (Wildman–Crippen MR) is 136 cm³/mol. The van der Waals surface area contributed by atoms with Crippen LogP contribution >= 0.6 is 0 Å². The van der Waals surface area contributed by atoms with Gasteiger partial charge in [-0.15, -0.1) is 0 Å². The molecule has 35 heavy (non-hydrogen) atoms. The lowest BCUT2D eigenvalue weighted by atomic mass is 10.1. The van der Waals surface area contributed by atoms with Gasteiger partial charge in [-0.05, 0) is 69.4 Å². The third-order valence-corrected chi connectivity index (χ3v) is 5.97. The van der Waals surface area contributed by atoms with Gasteiger partial charge >= 0.3 is 5.69 Å². The first-order chi connectivity index (χ1) is 17.0. The minimum atomic E-state index is -0.495. The first-order valence-electron chi connectivity index (χ1n) is 11.7. The molecular formula is C26H31FN6O2. The van der Waals surface area contributed by atoms with Gasteiger partial charge in [-0.2, -0.15) is 4.98 Å². The number of H-pyrrole nitrogens is 1. The van der Waals surface area contributed by atoms with E-state index in [1.54, 1.807) is 25.4 Å². The van der Waals surface area contributed by atoms with Crippen molar-refractivity contribution in [3.8, 4) is 22.7 Å². The van der Waals surface area contributed by atoms with E-state index in [1.165, 1.54) is 10.6 Å². The van der Waals surface area contributed by atoms with Crippen LogP contribution in [0.2, 0.25) is 0 Å². The van der Waals surface area contributed by atoms with Gasteiger partial charge in [-0.25, -0.2) is 9.18 Å². The van der Waals surface area contributed by atoms with Crippen molar-refractivity contribution in [1.82, 2.24) is 19.4 Å². The minimum Gasteiger partial charge on any atom is -0.496 e. The van der Waals surface area contributed by atoms with Gasteiger partial charge in [0.1, 0.15) is 17.2 Å². The molecule has 0 amide bonds. The number of nitrogens with zero attached hydrogens (tertiary/aromatic N) is 3.